The average Bonchev–Trinajstić information content (AvgIpc) is 3.21. The molecule has 3 aromatic carbocycles. The van der Waals surface area contributed by atoms with Crippen LogP contribution in [0.4, 0.5) is 13.2 Å². The lowest BCUT2D eigenvalue weighted by Gasteiger charge is -2.36. The molecule has 0 atom stereocenters. The minimum absolute atomic E-state index is 0.00525. The van der Waals surface area contributed by atoms with Gasteiger partial charge in [-0.15, -0.1) is 0 Å². The van der Waals surface area contributed by atoms with E-state index in [1.807, 2.05) is 18.2 Å². The Morgan fingerprint density at radius 3 is 2.51 bits per heavy atom. The number of halogens is 3. The van der Waals surface area contributed by atoms with Crippen LogP contribution in [0.25, 0.3) is 22.0 Å². The number of carboxylic acids is 1. The molecular weight excluding hydrogens is 457 g/mol. The smallest absolute Gasteiger partial charge is 0.417 e. The zero-order chi connectivity index (χ0) is 24.6. The summed E-state index contributed by atoms with van der Waals surface area (Å²) in [5, 5.41) is 9.93. The summed E-state index contributed by atoms with van der Waals surface area (Å²) in [7, 11) is 0. The summed E-state index contributed by atoms with van der Waals surface area (Å²) >= 11 is 0. The summed E-state index contributed by atoms with van der Waals surface area (Å²) in [6, 6.07) is 20.3. The number of benzene rings is 3. The number of nitrogens with zero attached hydrogens (tertiary/aromatic N) is 1. The van der Waals surface area contributed by atoms with Gasteiger partial charge < -0.3 is 14.8 Å². The van der Waals surface area contributed by atoms with Crippen molar-refractivity contribution >= 4 is 16.9 Å². The number of rotatable bonds is 7. The first-order valence-corrected chi connectivity index (χ1v) is 11.2. The molecule has 2 N–H and O–H groups in total. The summed E-state index contributed by atoms with van der Waals surface area (Å²) in [4.78, 5) is 16.3. The van der Waals surface area contributed by atoms with Crippen LogP contribution < -0.4 is 4.74 Å². The predicted octanol–water partition coefficient (Wildman–Crippen LogP) is 5.95. The van der Waals surface area contributed by atoms with Gasteiger partial charge in [0.05, 0.1) is 11.5 Å². The van der Waals surface area contributed by atoms with Gasteiger partial charge in [-0.1, -0.05) is 42.5 Å². The number of ether oxygens (including phenoxy) is 1. The van der Waals surface area contributed by atoms with Gasteiger partial charge in [0.15, 0.2) is 0 Å². The second kappa shape index (κ2) is 9.11. The lowest BCUT2D eigenvalue weighted by molar-refractivity contribution is -0.147. The summed E-state index contributed by atoms with van der Waals surface area (Å²) in [5.41, 5.74) is 2.27. The molecule has 0 aliphatic carbocycles. The minimum Gasteiger partial charge on any atom is -0.489 e. The molecule has 1 aliphatic heterocycles. The first-order valence-electron chi connectivity index (χ1n) is 11.2. The Morgan fingerprint density at radius 2 is 1.80 bits per heavy atom. The van der Waals surface area contributed by atoms with E-state index < -0.39 is 17.7 Å². The van der Waals surface area contributed by atoms with Crippen LogP contribution in [0, 0.1) is 5.92 Å². The number of carbonyl (C=O) groups is 1. The maximum atomic E-state index is 13.8. The number of aliphatic carboxylic acids is 1. The molecule has 0 amide bonds. The van der Waals surface area contributed by atoms with Crippen molar-refractivity contribution in [1.29, 1.82) is 0 Å². The summed E-state index contributed by atoms with van der Waals surface area (Å²) < 4.78 is 47.1. The molecular formula is C27H23F3N2O3. The van der Waals surface area contributed by atoms with E-state index in [1.165, 1.54) is 6.07 Å². The van der Waals surface area contributed by atoms with E-state index in [1.54, 1.807) is 42.5 Å². The highest BCUT2D eigenvalue weighted by Gasteiger charge is 2.34. The van der Waals surface area contributed by atoms with E-state index >= 15 is 0 Å². The van der Waals surface area contributed by atoms with E-state index in [-0.39, 0.29) is 18.1 Å². The molecule has 0 saturated carbocycles. The Hall–Kier alpha value is -3.78. The predicted molar refractivity (Wildman–Crippen MR) is 126 cm³/mol. The normalized spacial score (nSPS) is 14.7. The molecule has 8 heteroatoms. The molecule has 5 rings (SSSR count). The van der Waals surface area contributed by atoms with Gasteiger partial charge in [0.1, 0.15) is 12.4 Å². The maximum absolute atomic E-state index is 13.8. The molecule has 0 spiro atoms. The number of aromatic nitrogens is 1. The van der Waals surface area contributed by atoms with E-state index in [4.69, 9.17) is 9.84 Å². The molecule has 5 nitrogen and oxygen atoms in total. The topological polar surface area (TPSA) is 65.6 Å². The number of H-pyrrole nitrogens is 1. The first kappa shape index (κ1) is 23.0. The van der Waals surface area contributed by atoms with Crippen molar-refractivity contribution in [3.8, 4) is 16.9 Å². The number of hydrogen-bond donors (Lipinski definition) is 2. The SMILES string of the molecule is O=C(O)C1CN(Cc2cc3cc(OCc4ccc(-c5ccccc5)c(C(F)(F)F)c4)ccc3[nH]2)C1. The van der Waals surface area contributed by atoms with Gasteiger partial charge in [0.2, 0.25) is 0 Å². The average molecular weight is 480 g/mol. The fourth-order valence-electron chi connectivity index (χ4n) is 4.39. The molecule has 1 fully saturated rings. The van der Waals surface area contributed by atoms with Gasteiger partial charge in [-0.2, -0.15) is 13.2 Å². The Kier molecular flexibility index (Phi) is 5.98. The van der Waals surface area contributed by atoms with Crippen LogP contribution in [-0.2, 0) is 24.1 Å². The van der Waals surface area contributed by atoms with E-state index in [9.17, 15) is 18.0 Å². The van der Waals surface area contributed by atoms with Crippen molar-refractivity contribution in [2.75, 3.05) is 13.1 Å². The number of hydrogen-bond acceptors (Lipinski definition) is 3. The van der Waals surface area contributed by atoms with E-state index in [0.29, 0.717) is 36.5 Å². The third-order valence-electron chi connectivity index (χ3n) is 6.23. The van der Waals surface area contributed by atoms with Crippen LogP contribution in [0.5, 0.6) is 5.75 Å². The lowest BCUT2D eigenvalue weighted by Crippen LogP contribution is -2.49. The zero-order valence-electron chi connectivity index (χ0n) is 18.7. The van der Waals surface area contributed by atoms with Crippen molar-refractivity contribution in [3.63, 3.8) is 0 Å². The highest BCUT2D eigenvalue weighted by molar-refractivity contribution is 5.82. The molecule has 1 aliphatic rings. The second-order valence-electron chi connectivity index (χ2n) is 8.81. The molecule has 180 valence electrons. The van der Waals surface area contributed by atoms with Gasteiger partial charge in [0, 0.05) is 36.2 Å². The van der Waals surface area contributed by atoms with Gasteiger partial charge >= 0.3 is 12.1 Å². The molecule has 1 saturated heterocycles. The van der Waals surface area contributed by atoms with Crippen molar-refractivity contribution in [2.45, 2.75) is 19.3 Å². The van der Waals surface area contributed by atoms with Crippen molar-refractivity contribution in [2.24, 2.45) is 5.92 Å². The summed E-state index contributed by atoms with van der Waals surface area (Å²) in [6.07, 6.45) is -4.48. The maximum Gasteiger partial charge on any atom is 0.417 e. The minimum atomic E-state index is -4.48. The quantitative estimate of drug-likeness (QED) is 0.343. The molecule has 2 heterocycles. The number of aromatic amines is 1. The van der Waals surface area contributed by atoms with Crippen LogP contribution >= 0.6 is 0 Å². The molecule has 35 heavy (non-hydrogen) atoms. The zero-order valence-corrected chi connectivity index (χ0v) is 18.7. The number of carboxylic acid groups (broad SMARTS) is 1. The molecule has 1 aromatic heterocycles. The van der Waals surface area contributed by atoms with E-state index in [2.05, 4.69) is 9.88 Å². The number of likely N-dealkylation sites (tertiary alicyclic amines) is 1. The van der Waals surface area contributed by atoms with Gasteiger partial charge in [-0.05, 0) is 47.0 Å². The monoisotopic (exact) mass is 480 g/mol. The fraction of sp³-hybridized carbons (Fsp3) is 0.222. The Labute approximate surface area is 199 Å². The van der Waals surface area contributed by atoms with Crippen molar-refractivity contribution in [1.82, 2.24) is 9.88 Å². The third-order valence-corrected chi connectivity index (χ3v) is 6.23. The van der Waals surface area contributed by atoms with Crippen LogP contribution in [0.15, 0.2) is 72.8 Å². The van der Waals surface area contributed by atoms with Crippen LogP contribution in [0.3, 0.4) is 0 Å². The van der Waals surface area contributed by atoms with Gasteiger partial charge in [-0.25, -0.2) is 0 Å². The van der Waals surface area contributed by atoms with Crippen molar-refractivity contribution in [3.05, 3.63) is 89.6 Å². The first-order chi connectivity index (χ1) is 16.8. The molecule has 0 bridgehead atoms. The molecule has 4 aromatic rings. The summed E-state index contributed by atoms with van der Waals surface area (Å²) in [6.45, 7) is 1.69. The largest absolute Gasteiger partial charge is 0.489 e. The Morgan fingerprint density at radius 1 is 1.03 bits per heavy atom. The number of alkyl halides is 3. The second-order valence-corrected chi connectivity index (χ2v) is 8.81. The van der Waals surface area contributed by atoms with Crippen molar-refractivity contribution < 1.29 is 27.8 Å². The number of fused-ring (bicyclic) bond motifs is 1. The lowest BCUT2D eigenvalue weighted by atomic mass is 9.97. The Bertz CT molecular complexity index is 1360. The highest BCUT2D eigenvalue weighted by atomic mass is 19.4. The third kappa shape index (κ3) is 5.02. The molecule has 0 radical (unpaired) electrons. The number of nitrogens with one attached hydrogen (secondary N) is 1. The van der Waals surface area contributed by atoms with Gasteiger partial charge in [0.25, 0.3) is 0 Å². The Balaban J connectivity index is 1.28. The fourth-order valence-corrected chi connectivity index (χ4v) is 4.39. The molecule has 0 unspecified atom stereocenters. The summed E-state index contributed by atoms with van der Waals surface area (Å²) in [5.74, 6) is -0.519. The van der Waals surface area contributed by atoms with Crippen LogP contribution in [0.2, 0.25) is 0 Å². The highest BCUT2D eigenvalue weighted by Crippen LogP contribution is 2.38. The van der Waals surface area contributed by atoms with Crippen LogP contribution in [-0.4, -0.2) is 34.0 Å². The van der Waals surface area contributed by atoms with Gasteiger partial charge in [-0.3, -0.25) is 9.69 Å². The van der Waals surface area contributed by atoms with Crippen LogP contribution in [0.1, 0.15) is 16.8 Å². The standard InChI is InChI=1S/C27H23F3N2O3/c28-27(29,30)24-10-17(6-8-23(24)18-4-2-1-3-5-18)16-35-22-7-9-25-19(12-22)11-21(31-25)15-32-13-20(14-32)26(33)34/h1-12,20,31H,13-16H2,(H,33,34). The van der Waals surface area contributed by atoms with E-state index in [0.717, 1.165) is 22.7 Å².